The number of carbonyl (C=O) groups excluding carboxylic acids is 1. The summed E-state index contributed by atoms with van der Waals surface area (Å²) in [5.74, 6) is -1.53. The number of halogens is 2. The van der Waals surface area contributed by atoms with Crippen LogP contribution < -0.4 is 5.32 Å². The van der Waals surface area contributed by atoms with Gasteiger partial charge in [-0.05, 0) is 56.6 Å². The molecule has 0 saturated heterocycles. The van der Waals surface area contributed by atoms with Gasteiger partial charge in [-0.2, -0.15) is 5.10 Å². The Hall–Kier alpha value is -2.50. The van der Waals surface area contributed by atoms with Crippen molar-refractivity contribution in [1.82, 2.24) is 15.1 Å². The number of nitrogens with zero attached hydrogens (tertiary/aromatic N) is 2. The zero-order valence-corrected chi connectivity index (χ0v) is 14.5. The van der Waals surface area contributed by atoms with Crippen LogP contribution in [0.25, 0.3) is 5.69 Å². The van der Waals surface area contributed by atoms with E-state index in [1.54, 1.807) is 4.68 Å². The fourth-order valence-electron chi connectivity index (χ4n) is 3.81. The molecule has 4 rings (SSSR count). The van der Waals surface area contributed by atoms with Crippen molar-refractivity contribution in [2.24, 2.45) is 5.92 Å². The molecule has 0 saturated carbocycles. The lowest BCUT2D eigenvalue weighted by Gasteiger charge is -2.17. The number of hydrogen-bond donors (Lipinski definition) is 1. The molecular weight excluding hydrogens is 336 g/mol. The molecule has 2 aliphatic rings. The minimum atomic E-state index is -0.916. The number of allylic oxidation sites excluding steroid dienone is 2. The number of hydrogen-bond acceptors (Lipinski definition) is 2. The average molecular weight is 357 g/mol. The van der Waals surface area contributed by atoms with Crippen LogP contribution in [0.3, 0.4) is 0 Å². The van der Waals surface area contributed by atoms with Crippen LogP contribution in [0.4, 0.5) is 8.78 Å². The minimum Gasteiger partial charge on any atom is -0.350 e. The highest BCUT2D eigenvalue weighted by Gasteiger charge is 2.27. The van der Waals surface area contributed by atoms with Crippen molar-refractivity contribution in [2.75, 3.05) is 6.54 Å². The highest BCUT2D eigenvalue weighted by Crippen LogP contribution is 2.28. The molecule has 1 N–H and O–H groups in total. The van der Waals surface area contributed by atoms with E-state index < -0.39 is 11.6 Å². The molecule has 0 bridgehead atoms. The molecule has 0 fully saturated rings. The zero-order chi connectivity index (χ0) is 18.1. The lowest BCUT2D eigenvalue weighted by molar-refractivity contribution is 0.0940. The highest BCUT2D eigenvalue weighted by atomic mass is 19.2. The minimum absolute atomic E-state index is 0.181. The van der Waals surface area contributed by atoms with Gasteiger partial charge in [0.1, 0.15) is 0 Å². The predicted octanol–water partition coefficient (Wildman–Crippen LogP) is 3.73. The Morgan fingerprint density at radius 3 is 2.88 bits per heavy atom. The van der Waals surface area contributed by atoms with Gasteiger partial charge in [-0.1, -0.05) is 12.2 Å². The van der Waals surface area contributed by atoms with Crippen LogP contribution in [0.1, 0.15) is 47.4 Å². The van der Waals surface area contributed by atoms with E-state index in [2.05, 4.69) is 22.6 Å². The molecule has 1 aromatic heterocycles. The van der Waals surface area contributed by atoms with Crippen LogP contribution in [0.2, 0.25) is 0 Å². The number of amides is 1. The fraction of sp³-hybridized carbons (Fsp3) is 0.400. The second-order valence-corrected chi connectivity index (χ2v) is 7.00. The number of nitrogens with one attached hydrogen (secondary N) is 1. The van der Waals surface area contributed by atoms with Crippen molar-refractivity contribution in [3.05, 3.63) is 58.9 Å². The standard InChI is InChI=1S/C20H21F2N3O/c21-16-10-9-14(11-17(16)22)25-18-8-4-7-15(18)19(24-25)20(26)23-12-13-5-2-1-3-6-13/h1-2,9-11,13H,3-8,12H2,(H,23,26). The summed E-state index contributed by atoms with van der Waals surface area (Å²) in [4.78, 5) is 12.7. The number of fused-ring (bicyclic) bond motifs is 1. The predicted molar refractivity (Wildman–Crippen MR) is 94.3 cm³/mol. The van der Waals surface area contributed by atoms with Gasteiger partial charge in [0, 0.05) is 23.9 Å². The first-order valence-electron chi connectivity index (χ1n) is 9.13. The van der Waals surface area contributed by atoms with Crippen molar-refractivity contribution < 1.29 is 13.6 Å². The van der Waals surface area contributed by atoms with E-state index in [0.29, 0.717) is 23.8 Å². The van der Waals surface area contributed by atoms with Crippen molar-refractivity contribution in [3.8, 4) is 5.69 Å². The summed E-state index contributed by atoms with van der Waals surface area (Å²) in [7, 11) is 0. The summed E-state index contributed by atoms with van der Waals surface area (Å²) in [6.45, 7) is 0.635. The van der Waals surface area contributed by atoms with E-state index in [-0.39, 0.29) is 5.91 Å². The van der Waals surface area contributed by atoms with E-state index >= 15 is 0 Å². The van der Waals surface area contributed by atoms with Crippen molar-refractivity contribution in [3.63, 3.8) is 0 Å². The SMILES string of the molecule is O=C(NCC1CC=CCC1)c1nn(-c2ccc(F)c(F)c2)c2c1CCC2. The maximum Gasteiger partial charge on any atom is 0.272 e. The van der Waals surface area contributed by atoms with Gasteiger partial charge in [0.15, 0.2) is 17.3 Å². The summed E-state index contributed by atoms with van der Waals surface area (Å²) in [5, 5.41) is 7.44. The van der Waals surface area contributed by atoms with E-state index in [9.17, 15) is 13.6 Å². The maximum absolute atomic E-state index is 13.6. The zero-order valence-electron chi connectivity index (χ0n) is 14.5. The Labute approximate surface area is 150 Å². The molecule has 1 heterocycles. The van der Waals surface area contributed by atoms with Gasteiger partial charge in [0.05, 0.1) is 5.69 Å². The number of benzene rings is 1. The van der Waals surface area contributed by atoms with E-state index in [1.807, 2.05) is 0 Å². The van der Waals surface area contributed by atoms with Gasteiger partial charge in [-0.15, -0.1) is 0 Å². The molecule has 136 valence electrons. The molecule has 4 nitrogen and oxygen atoms in total. The first kappa shape index (κ1) is 16.9. The normalized spacial score (nSPS) is 18.8. The van der Waals surface area contributed by atoms with Gasteiger partial charge in [-0.3, -0.25) is 4.79 Å². The van der Waals surface area contributed by atoms with Crippen molar-refractivity contribution >= 4 is 5.91 Å². The molecule has 0 spiro atoms. The number of aromatic nitrogens is 2. The molecule has 1 amide bonds. The molecule has 2 aliphatic carbocycles. The van der Waals surface area contributed by atoms with Crippen LogP contribution >= 0.6 is 0 Å². The monoisotopic (exact) mass is 357 g/mol. The van der Waals surface area contributed by atoms with Gasteiger partial charge < -0.3 is 5.32 Å². The number of rotatable bonds is 4. The Morgan fingerprint density at radius 1 is 1.23 bits per heavy atom. The van der Waals surface area contributed by atoms with Crippen molar-refractivity contribution in [2.45, 2.75) is 38.5 Å². The van der Waals surface area contributed by atoms with Gasteiger partial charge in [-0.25, -0.2) is 13.5 Å². The highest BCUT2D eigenvalue weighted by molar-refractivity contribution is 5.94. The molecule has 26 heavy (non-hydrogen) atoms. The summed E-state index contributed by atoms with van der Waals surface area (Å²) in [5.41, 5.74) is 2.70. The lowest BCUT2D eigenvalue weighted by Crippen LogP contribution is -2.30. The van der Waals surface area contributed by atoms with E-state index in [0.717, 1.165) is 61.9 Å². The number of carbonyl (C=O) groups is 1. The Bertz CT molecular complexity index is 872. The van der Waals surface area contributed by atoms with E-state index in [1.165, 1.54) is 6.07 Å². The maximum atomic E-state index is 13.6. The van der Waals surface area contributed by atoms with Crippen LogP contribution in [-0.2, 0) is 12.8 Å². The first-order valence-corrected chi connectivity index (χ1v) is 9.13. The molecule has 6 heteroatoms. The fourth-order valence-corrected chi connectivity index (χ4v) is 3.81. The van der Waals surface area contributed by atoms with Crippen molar-refractivity contribution in [1.29, 1.82) is 0 Å². The third-order valence-corrected chi connectivity index (χ3v) is 5.22. The third-order valence-electron chi connectivity index (χ3n) is 5.22. The molecule has 0 aliphatic heterocycles. The molecule has 1 atom stereocenters. The van der Waals surface area contributed by atoms with Gasteiger partial charge in [0.25, 0.3) is 5.91 Å². The first-order chi connectivity index (χ1) is 12.6. The summed E-state index contributed by atoms with van der Waals surface area (Å²) >= 11 is 0. The molecule has 1 unspecified atom stereocenters. The summed E-state index contributed by atoms with van der Waals surface area (Å²) in [6.07, 6.45) is 9.96. The second kappa shape index (κ2) is 7.02. The largest absolute Gasteiger partial charge is 0.350 e. The quantitative estimate of drug-likeness (QED) is 0.848. The third kappa shape index (κ3) is 3.16. The Morgan fingerprint density at radius 2 is 2.12 bits per heavy atom. The molecule has 2 aromatic rings. The smallest absolute Gasteiger partial charge is 0.272 e. The Balaban J connectivity index is 1.58. The topological polar surface area (TPSA) is 46.9 Å². The van der Waals surface area contributed by atoms with Crippen LogP contribution in [0.15, 0.2) is 30.4 Å². The van der Waals surface area contributed by atoms with E-state index in [4.69, 9.17) is 0 Å². The summed E-state index contributed by atoms with van der Waals surface area (Å²) in [6, 6.07) is 3.70. The van der Waals surface area contributed by atoms with Gasteiger partial charge >= 0.3 is 0 Å². The molecule has 0 radical (unpaired) electrons. The van der Waals surface area contributed by atoms with Crippen LogP contribution in [0, 0.1) is 17.6 Å². The average Bonchev–Trinajstić information content (AvgIpc) is 3.25. The second-order valence-electron chi connectivity index (χ2n) is 7.00. The molecular formula is C20H21F2N3O. The van der Waals surface area contributed by atoms with Crippen LogP contribution in [-0.4, -0.2) is 22.2 Å². The van der Waals surface area contributed by atoms with Gasteiger partial charge in [0.2, 0.25) is 0 Å². The van der Waals surface area contributed by atoms with Crippen LogP contribution in [0.5, 0.6) is 0 Å². The lowest BCUT2D eigenvalue weighted by atomic mass is 9.94. The molecule has 1 aromatic carbocycles. The Kier molecular flexibility index (Phi) is 4.57. The summed E-state index contributed by atoms with van der Waals surface area (Å²) < 4.78 is 28.4.